The van der Waals surface area contributed by atoms with Crippen molar-refractivity contribution in [1.29, 1.82) is 0 Å². The molecule has 0 fully saturated rings. The van der Waals surface area contributed by atoms with Crippen LogP contribution in [-0.2, 0) is 4.79 Å². The molecule has 4 heteroatoms. The van der Waals surface area contributed by atoms with Crippen molar-refractivity contribution < 1.29 is 4.79 Å². The lowest BCUT2D eigenvalue weighted by atomic mass is 10.4. The Morgan fingerprint density at radius 3 is 2.69 bits per heavy atom. The fourth-order valence-electron chi connectivity index (χ4n) is 0.958. The molecular formula is C9H5BrOS2. The number of carbonyl (C=O) groups is 1. The van der Waals surface area contributed by atoms with Crippen LogP contribution in [0.15, 0.2) is 33.0 Å². The van der Waals surface area contributed by atoms with E-state index in [4.69, 9.17) is 0 Å². The van der Waals surface area contributed by atoms with Crippen molar-refractivity contribution in [3.05, 3.63) is 37.9 Å². The number of thiophene rings is 1. The fourth-order valence-corrected chi connectivity index (χ4v) is 3.10. The summed E-state index contributed by atoms with van der Waals surface area (Å²) in [5, 5.41) is 0.113. The summed E-state index contributed by atoms with van der Waals surface area (Å²) in [6, 6.07) is 4.03. The van der Waals surface area contributed by atoms with Crippen LogP contribution in [0.1, 0.15) is 4.88 Å². The van der Waals surface area contributed by atoms with Crippen LogP contribution in [0.3, 0.4) is 0 Å². The van der Waals surface area contributed by atoms with E-state index >= 15 is 0 Å². The van der Waals surface area contributed by atoms with Crippen molar-refractivity contribution in [1.82, 2.24) is 0 Å². The van der Waals surface area contributed by atoms with E-state index in [2.05, 4.69) is 15.9 Å². The lowest BCUT2D eigenvalue weighted by molar-refractivity contribution is -0.106. The van der Waals surface area contributed by atoms with Gasteiger partial charge in [-0.3, -0.25) is 4.79 Å². The van der Waals surface area contributed by atoms with Crippen LogP contribution in [-0.4, -0.2) is 5.12 Å². The number of hydrogen-bond acceptors (Lipinski definition) is 3. The minimum absolute atomic E-state index is 0.113. The third-order valence-electron chi connectivity index (χ3n) is 1.48. The first kappa shape index (κ1) is 9.24. The van der Waals surface area contributed by atoms with Gasteiger partial charge in [-0.05, 0) is 58.1 Å². The van der Waals surface area contributed by atoms with Crippen LogP contribution in [0.4, 0.5) is 0 Å². The molecule has 66 valence electrons. The second kappa shape index (κ2) is 3.82. The number of carbonyl (C=O) groups excluding carboxylic acids is 1. The van der Waals surface area contributed by atoms with Crippen molar-refractivity contribution in [2.24, 2.45) is 0 Å². The highest BCUT2D eigenvalue weighted by atomic mass is 79.9. The number of halogens is 1. The van der Waals surface area contributed by atoms with E-state index < -0.39 is 0 Å². The monoisotopic (exact) mass is 272 g/mol. The Morgan fingerprint density at radius 2 is 2.15 bits per heavy atom. The summed E-state index contributed by atoms with van der Waals surface area (Å²) >= 11 is 6.32. The maximum absolute atomic E-state index is 10.9. The molecule has 0 bridgehead atoms. The van der Waals surface area contributed by atoms with Crippen molar-refractivity contribution in [3.8, 4) is 0 Å². The van der Waals surface area contributed by atoms with E-state index in [1.807, 2.05) is 24.3 Å². The molecule has 0 radical (unpaired) electrons. The zero-order valence-electron chi connectivity index (χ0n) is 6.49. The zero-order chi connectivity index (χ0) is 9.26. The molecule has 1 aromatic rings. The van der Waals surface area contributed by atoms with Crippen LogP contribution in [0.5, 0.6) is 0 Å². The molecule has 0 unspecified atom stereocenters. The molecule has 0 aromatic carbocycles. The summed E-state index contributed by atoms with van der Waals surface area (Å²) in [7, 11) is 0. The van der Waals surface area contributed by atoms with Crippen LogP contribution < -0.4 is 0 Å². The molecule has 0 aliphatic carbocycles. The van der Waals surface area contributed by atoms with Gasteiger partial charge in [-0.25, -0.2) is 0 Å². The van der Waals surface area contributed by atoms with E-state index in [1.54, 1.807) is 17.4 Å². The number of rotatable bonds is 1. The highest BCUT2D eigenvalue weighted by Crippen LogP contribution is 2.30. The fraction of sp³-hybridized carbons (Fsp3) is 0. The molecule has 2 heterocycles. The quantitative estimate of drug-likeness (QED) is 0.776. The number of hydrogen-bond donors (Lipinski definition) is 0. The van der Waals surface area contributed by atoms with Gasteiger partial charge in [0.15, 0.2) is 0 Å². The largest absolute Gasteiger partial charge is 0.282 e. The Bertz CT molecular complexity index is 404. The molecule has 1 aliphatic heterocycles. The average Bonchev–Trinajstić information content (AvgIpc) is 2.62. The minimum atomic E-state index is 0.113. The molecule has 0 amide bonds. The van der Waals surface area contributed by atoms with Gasteiger partial charge in [0, 0.05) is 9.78 Å². The van der Waals surface area contributed by atoms with E-state index in [0.29, 0.717) is 0 Å². The second-order valence-corrected chi connectivity index (χ2v) is 6.02. The van der Waals surface area contributed by atoms with Gasteiger partial charge in [-0.2, -0.15) is 0 Å². The van der Waals surface area contributed by atoms with Gasteiger partial charge >= 0.3 is 0 Å². The molecular weight excluding hydrogens is 268 g/mol. The third-order valence-corrected chi connectivity index (χ3v) is 3.88. The maximum atomic E-state index is 10.9. The molecule has 1 aromatic heterocycles. The van der Waals surface area contributed by atoms with Crippen LogP contribution in [0.25, 0.3) is 6.08 Å². The molecule has 2 rings (SSSR count). The lowest BCUT2D eigenvalue weighted by Crippen LogP contribution is -1.73. The Hall–Kier alpha value is -0.320. The number of thioether (sulfide) groups is 1. The van der Waals surface area contributed by atoms with Crippen molar-refractivity contribution in [2.45, 2.75) is 0 Å². The first-order chi connectivity index (χ1) is 6.24. The molecule has 0 spiro atoms. The molecule has 13 heavy (non-hydrogen) atoms. The lowest BCUT2D eigenvalue weighted by Gasteiger charge is -1.88. The minimum Gasteiger partial charge on any atom is -0.282 e. The molecule has 0 saturated heterocycles. The predicted molar refractivity (Wildman–Crippen MR) is 61.7 cm³/mol. The summed E-state index contributed by atoms with van der Waals surface area (Å²) in [5.41, 5.74) is 0. The third kappa shape index (κ3) is 2.33. The van der Waals surface area contributed by atoms with E-state index in [-0.39, 0.29) is 5.12 Å². The molecule has 0 saturated carbocycles. The van der Waals surface area contributed by atoms with Gasteiger partial charge in [-0.1, -0.05) is 0 Å². The Kier molecular flexibility index (Phi) is 2.71. The smallest absolute Gasteiger partial charge is 0.216 e. The van der Waals surface area contributed by atoms with Gasteiger partial charge in [0.1, 0.15) is 0 Å². The summed E-state index contributed by atoms with van der Waals surface area (Å²) < 4.78 is 1.11. The first-order valence-electron chi connectivity index (χ1n) is 3.61. The SMILES string of the molecule is O=C1C=C/C(=C/c2ccc(Br)s2)S1. The first-order valence-corrected chi connectivity index (χ1v) is 6.03. The molecule has 1 aliphatic rings. The second-order valence-electron chi connectivity index (χ2n) is 2.44. The molecule has 0 N–H and O–H groups in total. The summed E-state index contributed by atoms with van der Waals surface area (Å²) in [6.07, 6.45) is 5.46. The van der Waals surface area contributed by atoms with Gasteiger partial charge in [0.05, 0.1) is 3.79 Å². The van der Waals surface area contributed by atoms with Crippen molar-refractivity contribution >= 4 is 50.2 Å². The highest BCUT2D eigenvalue weighted by Gasteiger charge is 2.09. The maximum Gasteiger partial charge on any atom is 0.216 e. The standard InChI is InChI=1S/C9H5BrOS2/c10-8-3-1-6(12-8)5-7-2-4-9(11)13-7/h1-5H/b7-5-. The summed E-state index contributed by atoms with van der Waals surface area (Å²) in [5.74, 6) is 0. The van der Waals surface area contributed by atoms with Crippen molar-refractivity contribution in [3.63, 3.8) is 0 Å². The molecule has 0 atom stereocenters. The van der Waals surface area contributed by atoms with Gasteiger partial charge < -0.3 is 0 Å². The summed E-state index contributed by atoms with van der Waals surface area (Å²) in [4.78, 5) is 13.1. The van der Waals surface area contributed by atoms with E-state index in [9.17, 15) is 4.79 Å². The van der Waals surface area contributed by atoms with E-state index in [0.717, 1.165) is 13.6 Å². The number of allylic oxidation sites excluding steroid dienone is 1. The molecule has 1 nitrogen and oxygen atoms in total. The van der Waals surface area contributed by atoms with Gasteiger partial charge in [-0.15, -0.1) is 11.3 Å². The Morgan fingerprint density at radius 1 is 1.31 bits per heavy atom. The summed E-state index contributed by atoms with van der Waals surface area (Å²) in [6.45, 7) is 0. The highest BCUT2D eigenvalue weighted by molar-refractivity contribution is 9.11. The predicted octanol–water partition coefficient (Wildman–Crippen LogP) is 3.68. The average molecular weight is 273 g/mol. The van der Waals surface area contributed by atoms with Crippen molar-refractivity contribution in [2.75, 3.05) is 0 Å². The Balaban J connectivity index is 2.22. The van der Waals surface area contributed by atoms with Gasteiger partial charge in [0.2, 0.25) is 5.12 Å². The van der Waals surface area contributed by atoms with Gasteiger partial charge in [0.25, 0.3) is 0 Å². The van der Waals surface area contributed by atoms with Crippen LogP contribution >= 0.6 is 39.0 Å². The van der Waals surface area contributed by atoms with Crippen LogP contribution in [0, 0.1) is 0 Å². The van der Waals surface area contributed by atoms with Crippen LogP contribution in [0.2, 0.25) is 0 Å². The topological polar surface area (TPSA) is 17.1 Å². The normalized spacial score (nSPS) is 18.8. The van der Waals surface area contributed by atoms with E-state index in [1.165, 1.54) is 11.8 Å². The zero-order valence-corrected chi connectivity index (χ0v) is 9.71. The Labute approximate surface area is 92.7 Å².